The molecule has 0 aromatic heterocycles. The molecular weight excluding hydrogens is 568 g/mol. The van der Waals surface area contributed by atoms with Gasteiger partial charge in [-0.25, -0.2) is 18.4 Å². The van der Waals surface area contributed by atoms with Crippen LogP contribution < -0.4 is 16.5 Å². The fourth-order valence-electron chi connectivity index (χ4n) is 5.20. The van der Waals surface area contributed by atoms with Gasteiger partial charge in [0.05, 0.1) is 6.54 Å². The fourth-order valence-corrected chi connectivity index (χ4v) is 5.20. The number of nitrogens with two attached hydrogens (primary N) is 1. The first-order valence-corrected chi connectivity index (χ1v) is 14.8. The number of amides is 4. The van der Waals surface area contributed by atoms with E-state index in [-0.39, 0.29) is 19.4 Å². The molecule has 2 aromatic rings. The van der Waals surface area contributed by atoms with Gasteiger partial charge in [-0.15, -0.1) is 0 Å². The van der Waals surface area contributed by atoms with Crippen LogP contribution in [0, 0.1) is 5.92 Å². The van der Waals surface area contributed by atoms with Gasteiger partial charge in [0.1, 0.15) is 6.04 Å². The molecule has 4 atom stereocenters. The summed E-state index contributed by atoms with van der Waals surface area (Å²) in [6.07, 6.45) is 1.78. The van der Waals surface area contributed by atoms with Crippen LogP contribution in [0.3, 0.4) is 0 Å². The average Bonchev–Trinajstić information content (AvgIpc) is 3.01. The van der Waals surface area contributed by atoms with E-state index in [1.807, 2.05) is 24.1 Å². The van der Waals surface area contributed by atoms with Gasteiger partial charge in [0.15, 0.2) is 12.1 Å². The minimum atomic E-state index is -3.77. The second-order valence-electron chi connectivity index (χ2n) is 11.6. The lowest BCUT2D eigenvalue weighted by atomic mass is 9.90. The maximum Gasteiger partial charge on any atom is 0.449 e. The van der Waals surface area contributed by atoms with Crippen molar-refractivity contribution in [1.82, 2.24) is 15.6 Å². The number of allylic oxidation sites excluding steroid dienone is 2. The summed E-state index contributed by atoms with van der Waals surface area (Å²) in [6, 6.07) is 12.7. The van der Waals surface area contributed by atoms with Gasteiger partial charge in [-0.1, -0.05) is 91.3 Å². The number of carbonyl (C=O) groups is 3. The lowest BCUT2D eigenvalue weighted by molar-refractivity contribution is -0.844. The number of benzene rings is 2. The molecule has 0 saturated carbocycles. The summed E-state index contributed by atoms with van der Waals surface area (Å²) in [5.74, 6) is -6.14. The highest BCUT2D eigenvalue weighted by atomic mass is 19.3. The van der Waals surface area contributed by atoms with Crippen molar-refractivity contribution < 1.29 is 32.9 Å². The number of aryl methyl sites for hydroxylation is 1. The highest BCUT2D eigenvalue weighted by Crippen LogP contribution is 2.34. The number of aliphatic hydroxyl groups excluding tert-OH is 1. The van der Waals surface area contributed by atoms with E-state index >= 15 is 8.78 Å². The maximum absolute atomic E-state index is 16.1. The van der Waals surface area contributed by atoms with Crippen LogP contribution in [-0.2, 0) is 22.4 Å². The average molecular weight is 613 g/mol. The molecule has 4 amide bonds. The molecule has 9 nitrogen and oxygen atoms in total. The summed E-state index contributed by atoms with van der Waals surface area (Å²) >= 11 is 0. The van der Waals surface area contributed by atoms with Crippen molar-refractivity contribution in [2.45, 2.75) is 64.1 Å². The molecule has 44 heavy (non-hydrogen) atoms. The van der Waals surface area contributed by atoms with Crippen molar-refractivity contribution in [3.8, 4) is 0 Å². The Bertz CT molecular complexity index is 1340. The summed E-state index contributed by atoms with van der Waals surface area (Å²) in [4.78, 5) is 43.3. The third-order valence-electron chi connectivity index (χ3n) is 7.89. The zero-order chi connectivity index (χ0) is 32.5. The van der Waals surface area contributed by atoms with Crippen LogP contribution in [0.4, 0.5) is 13.6 Å². The first-order valence-electron chi connectivity index (χ1n) is 14.8. The Hall–Kier alpha value is -3.93. The number of likely N-dealkylation sites (N-methyl/N-ethyl adjacent to an activating group) is 1. The van der Waals surface area contributed by atoms with E-state index in [9.17, 15) is 19.5 Å². The van der Waals surface area contributed by atoms with Gasteiger partial charge in [-0.05, 0) is 29.5 Å². The molecule has 11 heteroatoms. The van der Waals surface area contributed by atoms with Gasteiger partial charge in [-0.2, -0.15) is 5.43 Å². The number of quaternary nitrogens is 1. The highest BCUT2D eigenvalue weighted by Gasteiger charge is 2.62. The van der Waals surface area contributed by atoms with Crippen LogP contribution in [0.15, 0.2) is 84.6 Å². The van der Waals surface area contributed by atoms with Gasteiger partial charge >= 0.3 is 11.9 Å². The van der Waals surface area contributed by atoms with Gasteiger partial charge in [-0.3, -0.25) is 10.1 Å². The normalized spacial score (nSPS) is 16.8. The Labute approximate surface area is 258 Å². The lowest BCUT2D eigenvalue weighted by Crippen LogP contribution is -2.79. The number of hydrogen-bond acceptors (Lipinski definition) is 6. The Morgan fingerprint density at radius 3 is 2.18 bits per heavy atom. The second kappa shape index (κ2) is 15.2. The van der Waals surface area contributed by atoms with E-state index in [4.69, 9.17) is 5.73 Å². The monoisotopic (exact) mass is 612 g/mol. The summed E-state index contributed by atoms with van der Waals surface area (Å²) in [5.41, 5.74) is 10.5. The Kier molecular flexibility index (Phi) is 11.9. The van der Waals surface area contributed by atoms with Gasteiger partial charge in [0, 0.05) is 39.1 Å². The van der Waals surface area contributed by atoms with Crippen molar-refractivity contribution in [3.05, 3.63) is 95.7 Å². The number of hydrogen-bond donors (Lipinski definition) is 4. The molecule has 0 aliphatic carbocycles. The quantitative estimate of drug-likeness (QED) is 0.214. The molecule has 238 valence electrons. The SMILES string of the molecule is CC(=O)N[N+](C(=O)NCC1=CC=CCN1C)(C(=O)[C@@H](N)C(C)C)[C@@H](Cc1ccccc1)[C@@H](O)C(F)(F)CCc1ccccc1. The number of imide groups is 1. The van der Waals surface area contributed by atoms with E-state index in [2.05, 4.69) is 10.7 Å². The number of nitrogens with zero attached hydrogens (tertiary/aromatic N) is 2. The third-order valence-corrected chi connectivity index (χ3v) is 7.89. The number of carbonyl (C=O) groups excluding carboxylic acids is 3. The van der Waals surface area contributed by atoms with Crippen LogP contribution in [0.25, 0.3) is 0 Å². The Morgan fingerprint density at radius 1 is 1.05 bits per heavy atom. The van der Waals surface area contributed by atoms with Gasteiger partial charge in [0.2, 0.25) is 0 Å². The minimum Gasteiger partial charge on any atom is -0.381 e. The van der Waals surface area contributed by atoms with E-state index < -0.39 is 58.9 Å². The summed E-state index contributed by atoms with van der Waals surface area (Å²) in [7, 11) is 1.81. The van der Waals surface area contributed by atoms with Crippen LogP contribution in [-0.4, -0.2) is 76.7 Å². The zero-order valence-corrected chi connectivity index (χ0v) is 25.8. The summed E-state index contributed by atoms with van der Waals surface area (Å²) < 4.78 is 30.5. The number of aliphatic hydroxyl groups is 1. The smallest absolute Gasteiger partial charge is 0.381 e. The standard InChI is InChI=1S/C33H43F2N5O4/c1-23(2)29(36)31(43)40(38-24(3)41,32(44)37-22-27-17-11-12-20-39(27)4)28(21-26-15-9-6-10-16-26)30(42)33(34,35)19-18-25-13-7-5-8-14-25/h5-17,23,28-30,42H,18-22,36H2,1-4H3,(H-,37,38,41,44)/p+1/t28-,29-,30+,40?/m0/s1. The predicted molar refractivity (Wildman–Crippen MR) is 165 cm³/mol. The Morgan fingerprint density at radius 2 is 1.64 bits per heavy atom. The minimum absolute atomic E-state index is 0.0667. The number of urea groups is 1. The van der Waals surface area contributed by atoms with E-state index in [1.165, 1.54) is 0 Å². The van der Waals surface area contributed by atoms with Crippen LogP contribution in [0.2, 0.25) is 0 Å². The van der Waals surface area contributed by atoms with Crippen molar-refractivity contribution >= 4 is 17.8 Å². The van der Waals surface area contributed by atoms with Crippen molar-refractivity contribution in [2.24, 2.45) is 11.7 Å². The summed E-state index contributed by atoms with van der Waals surface area (Å²) in [6.45, 7) is 4.88. The van der Waals surface area contributed by atoms with E-state index in [0.717, 1.165) is 6.92 Å². The topological polar surface area (TPSA) is 125 Å². The van der Waals surface area contributed by atoms with Crippen molar-refractivity contribution in [1.29, 1.82) is 0 Å². The van der Waals surface area contributed by atoms with Crippen LogP contribution in [0.5, 0.6) is 0 Å². The molecule has 1 heterocycles. The molecule has 1 aliphatic heterocycles. The van der Waals surface area contributed by atoms with Crippen molar-refractivity contribution in [2.75, 3.05) is 20.1 Å². The molecule has 2 aromatic carbocycles. The van der Waals surface area contributed by atoms with E-state index in [0.29, 0.717) is 23.4 Å². The largest absolute Gasteiger partial charge is 0.449 e. The molecule has 1 aliphatic rings. The molecule has 0 bridgehead atoms. The first kappa shape index (κ1) is 34.6. The summed E-state index contributed by atoms with van der Waals surface area (Å²) in [5, 5.41) is 14.3. The molecule has 0 spiro atoms. The molecule has 0 saturated heterocycles. The number of nitrogens with one attached hydrogen (secondary N) is 2. The van der Waals surface area contributed by atoms with Crippen LogP contribution in [0.1, 0.15) is 38.3 Å². The number of alkyl halides is 2. The zero-order valence-electron chi connectivity index (χ0n) is 25.8. The number of rotatable bonds is 12. The number of halogens is 2. The lowest BCUT2D eigenvalue weighted by Gasteiger charge is -2.43. The third kappa shape index (κ3) is 8.37. The second-order valence-corrected chi connectivity index (χ2v) is 11.6. The fraction of sp³-hybridized carbons (Fsp3) is 0.424. The molecule has 3 rings (SSSR count). The molecule has 5 N–H and O–H groups in total. The predicted octanol–water partition coefficient (Wildman–Crippen LogP) is 3.70. The molecular formula is C33H44F2N5O4+. The molecule has 0 fully saturated rings. The van der Waals surface area contributed by atoms with Gasteiger partial charge < -0.3 is 15.7 Å². The van der Waals surface area contributed by atoms with Gasteiger partial charge in [0.25, 0.3) is 11.8 Å². The molecule has 1 unspecified atom stereocenters. The van der Waals surface area contributed by atoms with E-state index in [1.54, 1.807) is 80.6 Å². The highest BCUT2D eigenvalue weighted by molar-refractivity contribution is 5.89. The van der Waals surface area contributed by atoms with Crippen LogP contribution >= 0.6 is 0 Å². The van der Waals surface area contributed by atoms with Crippen molar-refractivity contribution in [3.63, 3.8) is 0 Å². The Balaban J connectivity index is 2.16. The molecule has 0 radical (unpaired) electrons. The maximum atomic E-state index is 16.1. The first-order chi connectivity index (χ1) is 20.8.